The monoisotopic (exact) mass is 272 g/mol. The molecule has 1 rings (SSSR count). The fourth-order valence-electron chi connectivity index (χ4n) is 1.46. The van der Waals surface area contributed by atoms with Crippen molar-refractivity contribution in [3.8, 4) is 11.8 Å². The molecule has 1 aromatic rings. The third kappa shape index (κ3) is 7.99. The van der Waals surface area contributed by atoms with Crippen LogP contribution in [0.5, 0.6) is 0 Å². The van der Waals surface area contributed by atoms with Gasteiger partial charge in [-0.2, -0.15) is 0 Å². The number of rotatable bonds is 6. The van der Waals surface area contributed by atoms with Gasteiger partial charge < -0.3 is 9.47 Å². The van der Waals surface area contributed by atoms with Gasteiger partial charge in [0.25, 0.3) is 0 Å². The molecule has 3 heteroatoms. The second-order valence-corrected chi connectivity index (χ2v) is 4.03. The molecule has 0 saturated heterocycles. The molecule has 0 aliphatic carbocycles. The predicted molar refractivity (Wildman–Crippen MR) is 79.3 cm³/mol. The van der Waals surface area contributed by atoms with Crippen molar-refractivity contribution in [1.82, 2.24) is 0 Å². The van der Waals surface area contributed by atoms with Gasteiger partial charge in [0.05, 0.1) is 6.61 Å². The number of benzene rings is 1. The maximum Gasteiger partial charge on any atom is 0.508 e. The summed E-state index contributed by atoms with van der Waals surface area (Å²) in [6.45, 7) is 2.34. The molecule has 0 aromatic heterocycles. The Bertz CT molecular complexity index is 466. The van der Waals surface area contributed by atoms with E-state index in [4.69, 9.17) is 4.74 Å². The molecule has 0 bridgehead atoms. The summed E-state index contributed by atoms with van der Waals surface area (Å²) in [4.78, 5) is 10.9. The van der Waals surface area contributed by atoms with Gasteiger partial charge in [0.15, 0.2) is 0 Å². The van der Waals surface area contributed by atoms with Gasteiger partial charge in [0.2, 0.25) is 0 Å². The van der Waals surface area contributed by atoms with E-state index >= 15 is 0 Å². The van der Waals surface area contributed by atoms with E-state index < -0.39 is 6.16 Å². The van der Waals surface area contributed by atoms with Gasteiger partial charge in [0, 0.05) is 12.0 Å². The molecule has 0 radical (unpaired) electrons. The highest BCUT2D eigenvalue weighted by Crippen LogP contribution is 1.98. The van der Waals surface area contributed by atoms with E-state index in [9.17, 15) is 4.79 Å². The van der Waals surface area contributed by atoms with E-state index in [1.807, 2.05) is 42.5 Å². The minimum absolute atomic E-state index is 0.258. The Morgan fingerprint density at radius 3 is 2.75 bits per heavy atom. The number of allylic oxidation sites excluding steroid dienone is 1. The van der Waals surface area contributed by atoms with E-state index in [-0.39, 0.29) is 6.61 Å². The van der Waals surface area contributed by atoms with Gasteiger partial charge in [-0.1, -0.05) is 42.2 Å². The van der Waals surface area contributed by atoms with Gasteiger partial charge in [-0.3, -0.25) is 0 Å². The number of ether oxygens (including phenoxy) is 2. The van der Waals surface area contributed by atoms with Crippen LogP contribution in [-0.4, -0.2) is 19.4 Å². The zero-order valence-corrected chi connectivity index (χ0v) is 11.8. The smallest absolute Gasteiger partial charge is 0.435 e. The van der Waals surface area contributed by atoms with Crippen LogP contribution >= 0.6 is 0 Å². The van der Waals surface area contributed by atoms with E-state index in [0.29, 0.717) is 6.61 Å². The van der Waals surface area contributed by atoms with Crippen LogP contribution in [-0.2, 0) is 9.47 Å². The Labute approximate surface area is 120 Å². The lowest BCUT2D eigenvalue weighted by Gasteiger charge is -2.00. The van der Waals surface area contributed by atoms with Crippen molar-refractivity contribution in [2.45, 2.75) is 26.2 Å². The summed E-state index contributed by atoms with van der Waals surface area (Å²) in [5.74, 6) is 6.25. The average Bonchev–Trinajstić information content (AvgIpc) is 2.47. The average molecular weight is 272 g/mol. The Morgan fingerprint density at radius 2 is 2.00 bits per heavy atom. The Balaban J connectivity index is 2.05. The fourth-order valence-corrected chi connectivity index (χ4v) is 1.46. The molecular weight excluding hydrogens is 252 g/mol. The van der Waals surface area contributed by atoms with Crippen LogP contribution in [0.2, 0.25) is 0 Å². The molecule has 0 N–H and O–H groups in total. The fraction of sp³-hybridized carbons (Fsp3) is 0.353. The highest BCUT2D eigenvalue weighted by atomic mass is 16.7. The van der Waals surface area contributed by atoms with Crippen molar-refractivity contribution in [3.63, 3.8) is 0 Å². The lowest BCUT2D eigenvalue weighted by atomic mass is 10.2. The van der Waals surface area contributed by atoms with Crippen LogP contribution in [0.25, 0.3) is 0 Å². The number of hydrogen-bond acceptors (Lipinski definition) is 3. The second-order valence-electron chi connectivity index (χ2n) is 4.03. The topological polar surface area (TPSA) is 35.5 Å². The normalized spacial score (nSPS) is 9.85. The van der Waals surface area contributed by atoms with Crippen LogP contribution in [0.15, 0.2) is 42.5 Å². The van der Waals surface area contributed by atoms with E-state index in [1.54, 1.807) is 6.92 Å². The van der Waals surface area contributed by atoms with Crippen molar-refractivity contribution < 1.29 is 14.3 Å². The van der Waals surface area contributed by atoms with Crippen LogP contribution in [0, 0.1) is 11.8 Å². The van der Waals surface area contributed by atoms with Gasteiger partial charge in [-0.05, 0) is 31.9 Å². The molecule has 0 aliphatic heterocycles. The maximum atomic E-state index is 10.9. The maximum absolute atomic E-state index is 10.9. The molecule has 0 saturated carbocycles. The first-order valence-electron chi connectivity index (χ1n) is 6.81. The van der Waals surface area contributed by atoms with Crippen LogP contribution in [0.3, 0.4) is 0 Å². The van der Waals surface area contributed by atoms with Crippen LogP contribution in [0.4, 0.5) is 4.79 Å². The van der Waals surface area contributed by atoms with Gasteiger partial charge in [-0.15, -0.1) is 0 Å². The third-order valence-corrected chi connectivity index (χ3v) is 2.41. The zero-order chi connectivity index (χ0) is 14.5. The largest absolute Gasteiger partial charge is 0.508 e. The number of carbonyl (C=O) groups is 1. The zero-order valence-electron chi connectivity index (χ0n) is 11.8. The van der Waals surface area contributed by atoms with Gasteiger partial charge in [0.1, 0.15) is 6.61 Å². The number of unbranched alkanes of at least 4 members (excludes halogenated alkanes) is 2. The minimum atomic E-state index is -0.620. The van der Waals surface area contributed by atoms with Gasteiger partial charge >= 0.3 is 6.16 Å². The van der Waals surface area contributed by atoms with Crippen molar-refractivity contribution >= 4 is 6.16 Å². The molecular formula is C17H20O3. The molecule has 3 nitrogen and oxygen atoms in total. The minimum Gasteiger partial charge on any atom is -0.435 e. The summed E-state index contributed by atoms with van der Waals surface area (Å²) in [7, 11) is 0. The summed E-state index contributed by atoms with van der Waals surface area (Å²) >= 11 is 0. The first-order chi connectivity index (χ1) is 9.83. The number of carbonyl (C=O) groups excluding carboxylic acids is 1. The molecule has 20 heavy (non-hydrogen) atoms. The van der Waals surface area contributed by atoms with Crippen molar-refractivity contribution in [2.75, 3.05) is 13.2 Å². The molecule has 106 valence electrons. The quantitative estimate of drug-likeness (QED) is 0.340. The van der Waals surface area contributed by atoms with Gasteiger partial charge in [-0.25, -0.2) is 4.79 Å². The number of hydrogen-bond donors (Lipinski definition) is 0. The first-order valence-corrected chi connectivity index (χ1v) is 6.81. The molecule has 0 atom stereocenters. The lowest BCUT2D eigenvalue weighted by molar-refractivity contribution is 0.0673. The SMILES string of the molecule is CCOC(=O)OCC=CCCCC#Cc1ccccc1. The standard InChI is InChI=1S/C17H20O3/c1-2-19-17(18)20-15-11-6-4-3-5-8-12-16-13-9-7-10-14-16/h6-7,9-11,13-14H,2-5,15H2,1H3. The Kier molecular flexibility index (Phi) is 8.47. The van der Waals surface area contributed by atoms with E-state index in [0.717, 1.165) is 24.8 Å². The summed E-state index contributed by atoms with van der Waals surface area (Å²) < 4.78 is 9.42. The highest BCUT2D eigenvalue weighted by molar-refractivity contribution is 5.59. The molecule has 0 amide bonds. The van der Waals surface area contributed by atoms with Crippen LogP contribution < -0.4 is 0 Å². The molecule has 0 heterocycles. The third-order valence-electron chi connectivity index (χ3n) is 2.41. The Morgan fingerprint density at radius 1 is 1.20 bits per heavy atom. The predicted octanol–water partition coefficient (Wildman–Crippen LogP) is 3.94. The molecule has 0 fully saturated rings. The Hall–Kier alpha value is -2.21. The van der Waals surface area contributed by atoms with Crippen molar-refractivity contribution in [3.05, 3.63) is 48.0 Å². The summed E-state index contributed by atoms with van der Waals surface area (Å²) in [5.41, 5.74) is 1.05. The van der Waals surface area contributed by atoms with Crippen molar-refractivity contribution in [1.29, 1.82) is 0 Å². The van der Waals surface area contributed by atoms with E-state index in [1.165, 1.54) is 0 Å². The lowest BCUT2D eigenvalue weighted by Crippen LogP contribution is -2.06. The first kappa shape index (κ1) is 15.8. The van der Waals surface area contributed by atoms with Crippen molar-refractivity contribution in [2.24, 2.45) is 0 Å². The summed E-state index contributed by atoms with van der Waals surface area (Å²) in [5, 5.41) is 0. The molecule has 0 unspecified atom stereocenters. The second kappa shape index (κ2) is 10.7. The highest BCUT2D eigenvalue weighted by Gasteiger charge is 1.97. The summed E-state index contributed by atoms with van der Waals surface area (Å²) in [6.07, 6.45) is 5.97. The molecule has 0 spiro atoms. The molecule has 0 aliphatic rings. The van der Waals surface area contributed by atoms with E-state index in [2.05, 4.69) is 16.6 Å². The van der Waals surface area contributed by atoms with Crippen LogP contribution in [0.1, 0.15) is 31.7 Å². The summed E-state index contributed by atoms with van der Waals surface area (Å²) in [6, 6.07) is 9.94. The molecule has 1 aromatic carbocycles.